The molecule has 146 valence electrons. The molecular formula is C19H30F2N4O. The van der Waals surface area contributed by atoms with Crippen LogP contribution >= 0.6 is 0 Å². The molecule has 0 atom stereocenters. The van der Waals surface area contributed by atoms with Gasteiger partial charge in [0.05, 0.1) is 0 Å². The van der Waals surface area contributed by atoms with E-state index in [0.29, 0.717) is 6.54 Å². The Bertz CT molecular complexity index is 545. The zero-order valence-electron chi connectivity index (χ0n) is 15.8. The quantitative estimate of drug-likeness (QED) is 0.413. The molecule has 0 aliphatic carbocycles. The van der Waals surface area contributed by atoms with Crippen LogP contribution in [0.4, 0.5) is 8.78 Å². The first-order valence-corrected chi connectivity index (χ1v) is 9.26. The summed E-state index contributed by atoms with van der Waals surface area (Å²) >= 11 is 0. The van der Waals surface area contributed by atoms with Crippen LogP contribution in [-0.4, -0.2) is 62.6 Å². The lowest BCUT2D eigenvalue weighted by Crippen LogP contribution is -2.39. The standard InChI is InChI=1S/C19H30F2N4O/c1-22-19(23-11-3-4-12-25-13-5-6-14-25)24(2)15-16-7-9-17(10-8-16)26-18(20)21/h7-10,18H,3-6,11-15H2,1-2H3,(H,22,23). The van der Waals surface area contributed by atoms with Gasteiger partial charge < -0.3 is 19.9 Å². The molecule has 0 bridgehead atoms. The summed E-state index contributed by atoms with van der Waals surface area (Å²) in [5, 5.41) is 3.39. The van der Waals surface area contributed by atoms with Gasteiger partial charge in [-0.05, 0) is 63.0 Å². The molecular weight excluding hydrogens is 338 g/mol. The number of halogens is 2. The highest BCUT2D eigenvalue weighted by atomic mass is 19.3. The average Bonchev–Trinajstić information content (AvgIpc) is 3.12. The second kappa shape index (κ2) is 11.0. The summed E-state index contributed by atoms with van der Waals surface area (Å²) in [7, 11) is 3.73. The molecule has 1 N–H and O–H groups in total. The smallest absolute Gasteiger partial charge is 0.387 e. The van der Waals surface area contributed by atoms with Crippen LogP contribution in [0.15, 0.2) is 29.3 Å². The summed E-state index contributed by atoms with van der Waals surface area (Å²) in [4.78, 5) is 8.86. The van der Waals surface area contributed by atoms with Crippen molar-refractivity contribution in [2.75, 3.05) is 40.3 Å². The van der Waals surface area contributed by atoms with Gasteiger partial charge in [0, 0.05) is 27.2 Å². The summed E-state index contributed by atoms with van der Waals surface area (Å²) in [5.74, 6) is 1.01. The number of hydrogen-bond donors (Lipinski definition) is 1. The van der Waals surface area contributed by atoms with Crippen molar-refractivity contribution in [1.29, 1.82) is 0 Å². The molecule has 0 amide bonds. The predicted octanol–water partition coefficient (Wildman–Crippen LogP) is 3.17. The molecule has 0 radical (unpaired) electrons. The maximum absolute atomic E-state index is 12.2. The van der Waals surface area contributed by atoms with Crippen LogP contribution in [-0.2, 0) is 6.54 Å². The fourth-order valence-corrected chi connectivity index (χ4v) is 3.18. The highest BCUT2D eigenvalue weighted by Gasteiger charge is 2.11. The van der Waals surface area contributed by atoms with Crippen molar-refractivity contribution >= 4 is 5.96 Å². The summed E-state index contributed by atoms with van der Waals surface area (Å²) < 4.78 is 28.7. The van der Waals surface area contributed by atoms with Crippen molar-refractivity contribution in [3.05, 3.63) is 29.8 Å². The summed E-state index contributed by atoms with van der Waals surface area (Å²) in [6, 6.07) is 6.70. The molecule has 5 nitrogen and oxygen atoms in total. The fourth-order valence-electron chi connectivity index (χ4n) is 3.18. The Kier molecular flexibility index (Phi) is 8.61. The number of guanidine groups is 1. The lowest BCUT2D eigenvalue weighted by atomic mass is 10.2. The molecule has 0 unspecified atom stereocenters. The zero-order valence-corrected chi connectivity index (χ0v) is 15.8. The van der Waals surface area contributed by atoms with E-state index in [1.807, 2.05) is 11.9 Å². The molecule has 1 heterocycles. The Morgan fingerprint density at radius 1 is 1.23 bits per heavy atom. The molecule has 1 aromatic carbocycles. The number of rotatable bonds is 9. The molecule has 26 heavy (non-hydrogen) atoms. The average molecular weight is 368 g/mol. The Balaban J connectivity index is 1.69. The Morgan fingerprint density at radius 3 is 2.54 bits per heavy atom. The third kappa shape index (κ3) is 7.15. The first-order valence-electron chi connectivity index (χ1n) is 9.26. The first-order chi connectivity index (χ1) is 12.6. The van der Waals surface area contributed by atoms with E-state index in [1.54, 1.807) is 31.3 Å². The van der Waals surface area contributed by atoms with Crippen LogP contribution in [0.2, 0.25) is 0 Å². The highest BCUT2D eigenvalue weighted by molar-refractivity contribution is 5.79. The van der Waals surface area contributed by atoms with Gasteiger partial charge in [0.1, 0.15) is 5.75 Å². The zero-order chi connectivity index (χ0) is 18.8. The Hall–Kier alpha value is -1.89. The van der Waals surface area contributed by atoms with Gasteiger partial charge in [0.25, 0.3) is 0 Å². The van der Waals surface area contributed by atoms with Crippen LogP contribution in [0, 0.1) is 0 Å². The minimum absolute atomic E-state index is 0.173. The molecule has 1 saturated heterocycles. The lowest BCUT2D eigenvalue weighted by molar-refractivity contribution is -0.0498. The van der Waals surface area contributed by atoms with Crippen LogP contribution in [0.25, 0.3) is 0 Å². The van der Waals surface area contributed by atoms with Gasteiger partial charge in [-0.3, -0.25) is 4.99 Å². The van der Waals surface area contributed by atoms with E-state index >= 15 is 0 Å². The number of ether oxygens (including phenoxy) is 1. The van der Waals surface area contributed by atoms with Crippen molar-refractivity contribution in [3.63, 3.8) is 0 Å². The van der Waals surface area contributed by atoms with E-state index in [4.69, 9.17) is 0 Å². The fraction of sp³-hybridized carbons (Fsp3) is 0.632. The molecule has 0 saturated carbocycles. The third-order valence-electron chi connectivity index (χ3n) is 4.52. The normalized spacial score (nSPS) is 15.5. The molecule has 0 aromatic heterocycles. The molecule has 1 aliphatic rings. The monoisotopic (exact) mass is 368 g/mol. The van der Waals surface area contributed by atoms with E-state index in [1.165, 1.54) is 38.9 Å². The van der Waals surface area contributed by atoms with Gasteiger partial charge >= 0.3 is 6.61 Å². The van der Waals surface area contributed by atoms with Crippen molar-refractivity contribution in [3.8, 4) is 5.75 Å². The van der Waals surface area contributed by atoms with Gasteiger partial charge in [0.2, 0.25) is 0 Å². The van der Waals surface area contributed by atoms with Crippen molar-refractivity contribution in [2.45, 2.75) is 38.8 Å². The SMILES string of the molecule is CN=C(NCCCCN1CCCC1)N(C)Cc1ccc(OC(F)F)cc1. The first kappa shape index (κ1) is 20.4. The second-order valence-corrected chi connectivity index (χ2v) is 6.61. The van der Waals surface area contributed by atoms with Gasteiger partial charge in [-0.25, -0.2) is 0 Å². The van der Waals surface area contributed by atoms with E-state index in [-0.39, 0.29) is 5.75 Å². The number of aliphatic imine (C=N–C) groups is 1. The highest BCUT2D eigenvalue weighted by Crippen LogP contribution is 2.15. The Morgan fingerprint density at radius 2 is 1.92 bits per heavy atom. The minimum Gasteiger partial charge on any atom is -0.435 e. The summed E-state index contributed by atoms with van der Waals surface area (Å²) in [6.45, 7) is 2.42. The number of alkyl halides is 2. The van der Waals surface area contributed by atoms with Gasteiger partial charge in [-0.15, -0.1) is 0 Å². The van der Waals surface area contributed by atoms with Crippen LogP contribution in [0.3, 0.4) is 0 Å². The summed E-state index contributed by atoms with van der Waals surface area (Å²) in [6.07, 6.45) is 4.98. The van der Waals surface area contributed by atoms with E-state index in [2.05, 4.69) is 19.9 Å². The van der Waals surface area contributed by atoms with Crippen molar-refractivity contribution in [2.24, 2.45) is 4.99 Å². The molecule has 1 fully saturated rings. The van der Waals surface area contributed by atoms with E-state index in [9.17, 15) is 8.78 Å². The molecule has 0 spiro atoms. The van der Waals surface area contributed by atoms with Crippen LogP contribution in [0.1, 0.15) is 31.2 Å². The second-order valence-electron chi connectivity index (χ2n) is 6.61. The van der Waals surface area contributed by atoms with E-state index < -0.39 is 6.61 Å². The number of unbranched alkanes of at least 4 members (excludes halogenated alkanes) is 1. The van der Waals surface area contributed by atoms with Crippen LogP contribution < -0.4 is 10.1 Å². The molecule has 1 aromatic rings. The van der Waals surface area contributed by atoms with Gasteiger partial charge in [-0.1, -0.05) is 12.1 Å². The predicted molar refractivity (Wildman–Crippen MR) is 101 cm³/mol. The summed E-state index contributed by atoms with van der Waals surface area (Å²) in [5.41, 5.74) is 1.01. The number of hydrogen-bond acceptors (Lipinski definition) is 3. The number of nitrogens with one attached hydrogen (secondary N) is 1. The maximum Gasteiger partial charge on any atom is 0.387 e. The Labute approximate surface area is 155 Å². The van der Waals surface area contributed by atoms with Gasteiger partial charge in [-0.2, -0.15) is 8.78 Å². The topological polar surface area (TPSA) is 40.1 Å². The minimum atomic E-state index is -2.79. The largest absolute Gasteiger partial charge is 0.435 e. The maximum atomic E-state index is 12.2. The molecule has 2 rings (SSSR count). The number of nitrogens with zero attached hydrogens (tertiary/aromatic N) is 3. The van der Waals surface area contributed by atoms with Crippen molar-refractivity contribution < 1.29 is 13.5 Å². The molecule has 7 heteroatoms. The van der Waals surface area contributed by atoms with Crippen LogP contribution in [0.5, 0.6) is 5.75 Å². The lowest BCUT2D eigenvalue weighted by Gasteiger charge is -2.22. The van der Waals surface area contributed by atoms with Crippen molar-refractivity contribution in [1.82, 2.24) is 15.1 Å². The van der Waals surface area contributed by atoms with E-state index in [0.717, 1.165) is 24.5 Å². The third-order valence-corrected chi connectivity index (χ3v) is 4.52. The van der Waals surface area contributed by atoms with Gasteiger partial charge in [0.15, 0.2) is 5.96 Å². The molecule has 1 aliphatic heterocycles. The number of benzene rings is 1. The number of likely N-dealkylation sites (tertiary alicyclic amines) is 1.